The van der Waals surface area contributed by atoms with Crippen molar-refractivity contribution in [3.63, 3.8) is 0 Å². The topological polar surface area (TPSA) is 102 Å². The van der Waals surface area contributed by atoms with Gasteiger partial charge in [-0.1, -0.05) is 18.2 Å². The van der Waals surface area contributed by atoms with E-state index in [1.54, 1.807) is 0 Å². The highest BCUT2D eigenvalue weighted by Gasteiger charge is 2.21. The van der Waals surface area contributed by atoms with E-state index in [1.165, 1.54) is 6.92 Å². The minimum absolute atomic E-state index is 0.342. The summed E-state index contributed by atoms with van der Waals surface area (Å²) in [7, 11) is -4.13. The van der Waals surface area contributed by atoms with Crippen LogP contribution in [-0.4, -0.2) is 32.9 Å². The van der Waals surface area contributed by atoms with Gasteiger partial charge in [0.05, 0.1) is 11.3 Å². The van der Waals surface area contributed by atoms with E-state index in [1.807, 2.05) is 32.0 Å². The van der Waals surface area contributed by atoms with Crippen LogP contribution in [0.3, 0.4) is 0 Å². The highest BCUT2D eigenvalue weighted by atomic mass is 32.2. The van der Waals surface area contributed by atoms with Crippen LogP contribution in [0.4, 0.5) is 14.5 Å². The molecule has 2 N–H and O–H groups in total. The second kappa shape index (κ2) is 9.77. The van der Waals surface area contributed by atoms with Crippen LogP contribution in [-0.2, 0) is 24.3 Å². The molecule has 0 saturated carbocycles. The van der Waals surface area contributed by atoms with Gasteiger partial charge in [0.25, 0.3) is 5.91 Å². The molecule has 0 aliphatic carbocycles. The summed E-state index contributed by atoms with van der Waals surface area (Å²) in [4.78, 5) is 23.7. The van der Waals surface area contributed by atoms with Crippen molar-refractivity contribution in [2.45, 2.75) is 38.2 Å². The fourth-order valence-corrected chi connectivity index (χ4v) is 3.60. The fourth-order valence-electron chi connectivity index (χ4n) is 2.56. The van der Waals surface area contributed by atoms with Crippen LogP contribution in [0.2, 0.25) is 0 Å². The molecule has 10 heteroatoms. The van der Waals surface area contributed by atoms with Crippen molar-refractivity contribution in [3.05, 3.63) is 59.2 Å². The van der Waals surface area contributed by atoms with E-state index in [2.05, 4.69) is 10.0 Å². The maximum absolute atomic E-state index is 13.2. The Hall–Kier alpha value is -2.85. The van der Waals surface area contributed by atoms with Crippen LogP contribution in [0.5, 0.6) is 0 Å². The average Bonchev–Trinajstić information content (AvgIpc) is 2.66. The van der Waals surface area contributed by atoms with Gasteiger partial charge in [-0.15, -0.1) is 0 Å². The van der Waals surface area contributed by atoms with E-state index in [9.17, 15) is 26.8 Å². The number of hydrogen-bond donors (Lipinski definition) is 2. The van der Waals surface area contributed by atoms with Crippen molar-refractivity contribution in [3.8, 4) is 0 Å². The monoisotopic (exact) mass is 440 g/mol. The van der Waals surface area contributed by atoms with E-state index in [0.717, 1.165) is 17.2 Å². The zero-order valence-corrected chi connectivity index (χ0v) is 17.5. The Labute approximate surface area is 173 Å². The summed E-state index contributed by atoms with van der Waals surface area (Å²) in [6.45, 7) is 4.72. The smallest absolute Gasteiger partial charge is 0.307 e. The molecule has 1 unspecified atom stereocenters. The van der Waals surface area contributed by atoms with Crippen molar-refractivity contribution in [2.24, 2.45) is 0 Å². The number of anilines is 1. The van der Waals surface area contributed by atoms with Gasteiger partial charge in [-0.25, -0.2) is 21.9 Å². The summed E-state index contributed by atoms with van der Waals surface area (Å²) in [6, 6.07) is 7.64. The molecular formula is C20H22F2N2O5S. The molecule has 1 atom stereocenters. The average molecular weight is 440 g/mol. The van der Waals surface area contributed by atoms with E-state index in [0.29, 0.717) is 17.8 Å². The Morgan fingerprint density at radius 1 is 1.07 bits per heavy atom. The minimum atomic E-state index is -4.13. The molecule has 2 aromatic carbocycles. The number of sulfonamides is 1. The Bertz CT molecular complexity index is 1040. The van der Waals surface area contributed by atoms with E-state index >= 15 is 0 Å². The van der Waals surface area contributed by atoms with Crippen molar-refractivity contribution >= 4 is 27.6 Å². The van der Waals surface area contributed by atoms with Crippen LogP contribution in [0.25, 0.3) is 0 Å². The number of para-hydroxylation sites is 1. The maximum Gasteiger partial charge on any atom is 0.307 e. The Morgan fingerprint density at radius 2 is 1.70 bits per heavy atom. The van der Waals surface area contributed by atoms with Gasteiger partial charge >= 0.3 is 5.97 Å². The number of rotatable bonds is 8. The van der Waals surface area contributed by atoms with Gasteiger partial charge in [0.2, 0.25) is 10.0 Å². The second-order valence-corrected chi connectivity index (χ2v) is 8.38. The Kier molecular flexibility index (Phi) is 7.63. The number of benzene rings is 2. The zero-order chi connectivity index (χ0) is 22.5. The highest BCUT2D eigenvalue weighted by Crippen LogP contribution is 2.20. The highest BCUT2D eigenvalue weighted by molar-refractivity contribution is 7.89. The number of hydrogen-bond acceptors (Lipinski definition) is 5. The lowest BCUT2D eigenvalue weighted by molar-refractivity contribution is -0.152. The third-order valence-electron chi connectivity index (χ3n) is 4.23. The van der Waals surface area contributed by atoms with Crippen molar-refractivity contribution in [1.82, 2.24) is 4.72 Å². The number of carbonyl (C=O) groups is 2. The van der Waals surface area contributed by atoms with Crippen LogP contribution in [0, 0.1) is 25.5 Å². The predicted octanol–water partition coefficient (Wildman–Crippen LogP) is 2.82. The van der Waals surface area contributed by atoms with Gasteiger partial charge in [-0.3, -0.25) is 9.59 Å². The largest absolute Gasteiger partial charge is 0.452 e. The molecule has 7 nitrogen and oxygen atoms in total. The molecular weight excluding hydrogens is 418 g/mol. The third-order valence-corrected chi connectivity index (χ3v) is 5.69. The summed E-state index contributed by atoms with van der Waals surface area (Å²) < 4.78 is 57.4. The first-order valence-corrected chi connectivity index (χ1v) is 10.5. The summed E-state index contributed by atoms with van der Waals surface area (Å²) in [5.74, 6) is -3.80. The first kappa shape index (κ1) is 23.4. The SMILES string of the molecule is Cc1cccc(C)c1NC(=O)C(C)OC(=O)CCNS(=O)(=O)c1ccc(F)c(F)c1. The van der Waals surface area contributed by atoms with Gasteiger partial charge in [-0.2, -0.15) is 0 Å². The molecule has 2 rings (SSSR count). The molecule has 0 fully saturated rings. The molecule has 2 aromatic rings. The molecule has 0 saturated heterocycles. The quantitative estimate of drug-likeness (QED) is 0.615. The summed E-state index contributed by atoms with van der Waals surface area (Å²) >= 11 is 0. The summed E-state index contributed by atoms with van der Waals surface area (Å²) in [5.41, 5.74) is 2.34. The maximum atomic E-state index is 13.2. The molecule has 162 valence electrons. The van der Waals surface area contributed by atoms with Crippen molar-refractivity contribution in [1.29, 1.82) is 0 Å². The van der Waals surface area contributed by atoms with Gasteiger partial charge in [0.15, 0.2) is 17.7 Å². The lowest BCUT2D eigenvalue weighted by Crippen LogP contribution is -2.32. The van der Waals surface area contributed by atoms with Gasteiger partial charge in [0, 0.05) is 12.2 Å². The van der Waals surface area contributed by atoms with Gasteiger partial charge < -0.3 is 10.1 Å². The Balaban J connectivity index is 1.86. The molecule has 30 heavy (non-hydrogen) atoms. The summed E-state index contributed by atoms with van der Waals surface area (Å²) in [6.07, 6.45) is -1.46. The van der Waals surface area contributed by atoms with Crippen molar-refractivity contribution < 1.29 is 31.5 Å². The van der Waals surface area contributed by atoms with Crippen LogP contribution < -0.4 is 10.0 Å². The number of carbonyl (C=O) groups excluding carboxylic acids is 2. The number of esters is 1. The molecule has 0 bridgehead atoms. The zero-order valence-electron chi connectivity index (χ0n) is 16.7. The number of aryl methyl sites for hydroxylation is 2. The van der Waals surface area contributed by atoms with E-state index in [4.69, 9.17) is 4.74 Å². The minimum Gasteiger partial charge on any atom is -0.452 e. The number of amides is 1. The molecule has 0 heterocycles. The van der Waals surface area contributed by atoms with Crippen LogP contribution in [0.15, 0.2) is 41.3 Å². The van der Waals surface area contributed by atoms with Crippen molar-refractivity contribution in [2.75, 3.05) is 11.9 Å². The van der Waals surface area contributed by atoms with Crippen LogP contribution in [0.1, 0.15) is 24.5 Å². The fraction of sp³-hybridized carbons (Fsp3) is 0.300. The van der Waals surface area contributed by atoms with Gasteiger partial charge in [0.1, 0.15) is 0 Å². The van der Waals surface area contributed by atoms with Crippen LogP contribution >= 0.6 is 0 Å². The lowest BCUT2D eigenvalue weighted by Gasteiger charge is -2.16. The Morgan fingerprint density at radius 3 is 2.30 bits per heavy atom. The van der Waals surface area contributed by atoms with E-state index in [-0.39, 0.29) is 13.0 Å². The normalized spacial score (nSPS) is 12.3. The second-order valence-electron chi connectivity index (χ2n) is 6.61. The number of nitrogens with one attached hydrogen (secondary N) is 2. The van der Waals surface area contributed by atoms with E-state index < -0.39 is 44.5 Å². The standard InChI is InChI=1S/C20H22F2N2O5S/c1-12-5-4-6-13(2)19(12)24-20(26)14(3)29-18(25)9-10-23-30(27,28)15-7-8-16(21)17(22)11-15/h4-8,11,14,23H,9-10H2,1-3H3,(H,24,26). The molecule has 1 amide bonds. The predicted molar refractivity (Wildman–Crippen MR) is 106 cm³/mol. The molecule has 0 radical (unpaired) electrons. The number of ether oxygens (including phenoxy) is 1. The lowest BCUT2D eigenvalue weighted by atomic mass is 10.1. The number of halogens is 2. The first-order valence-electron chi connectivity index (χ1n) is 9.02. The third kappa shape index (κ3) is 6.07. The molecule has 0 spiro atoms. The first-order chi connectivity index (χ1) is 14.0. The molecule has 0 aliphatic rings. The molecule has 0 aromatic heterocycles. The molecule has 0 aliphatic heterocycles. The summed E-state index contributed by atoms with van der Waals surface area (Å²) in [5, 5.41) is 2.70. The van der Waals surface area contributed by atoms with Gasteiger partial charge in [-0.05, 0) is 50.1 Å².